The van der Waals surface area contributed by atoms with Crippen LogP contribution in [0, 0.1) is 11.8 Å². The number of hydrogen-bond donors (Lipinski definition) is 1. The summed E-state index contributed by atoms with van der Waals surface area (Å²) < 4.78 is 4.67. The fourth-order valence-corrected chi connectivity index (χ4v) is 1.45. The molecule has 1 N–H and O–H groups in total. The van der Waals surface area contributed by atoms with Gasteiger partial charge in [0.2, 0.25) is 5.91 Å². The molecular formula is C12H23NO3. The van der Waals surface area contributed by atoms with Crippen LogP contribution in [0.2, 0.25) is 0 Å². The zero-order valence-electron chi connectivity index (χ0n) is 10.9. The van der Waals surface area contributed by atoms with Gasteiger partial charge in [0.15, 0.2) is 0 Å². The Kier molecular flexibility index (Phi) is 6.77. The van der Waals surface area contributed by atoms with E-state index in [-0.39, 0.29) is 17.8 Å². The summed E-state index contributed by atoms with van der Waals surface area (Å²) >= 11 is 0. The van der Waals surface area contributed by atoms with Crippen molar-refractivity contribution >= 4 is 11.9 Å². The van der Waals surface area contributed by atoms with Gasteiger partial charge in [0.25, 0.3) is 0 Å². The molecule has 4 nitrogen and oxygen atoms in total. The second-order valence-corrected chi connectivity index (χ2v) is 4.87. The second kappa shape index (κ2) is 7.25. The third kappa shape index (κ3) is 6.43. The van der Waals surface area contributed by atoms with E-state index in [2.05, 4.69) is 10.1 Å². The molecular weight excluding hydrogens is 206 g/mol. The van der Waals surface area contributed by atoms with E-state index in [1.165, 1.54) is 7.11 Å². The summed E-state index contributed by atoms with van der Waals surface area (Å²) in [5, 5.41) is 2.72. The summed E-state index contributed by atoms with van der Waals surface area (Å²) in [5.74, 6) is 0.164. The molecule has 16 heavy (non-hydrogen) atoms. The Morgan fingerprint density at radius 2 is 1.69 bits per heavy atom. The van der Waals surface area contributed by atoms with Crippen molar-refractivity contribution in [1.29, 1.82) is 0 Å². The minimum Gasteiger partial charge on any atom is -0.467 e. The Labute approximate surface area is 97.7 Å². The Morgan fingerprint density at radius 3 is 2.06 bits per heavy atom. The lowest BCUT2D eigenvalue weighted by atomic mass is 10.0. The quantitative estimate of drug-likeness (QED) is 0.706. The average Bonchev–Trinajstić information content (AvgIpc) is 2.13. The van der Waals surface area contributed by atoms with Gasteiger partial charge in [-0.2, -0.15) is 0 Å². The fourth-order valence-electron chi connectivity index (χ4n) is 1.45. The van der Waals surface area contributed by atoms with Crippen LogP contribution in [-0.4, -0.2) is 25.0 Å². The molecule has 1 amide bonds. The number of esters is 1. The summed E-state index contributed by atoms with van der Waals surface area (Å²) in [5.41, 5.74) is 0. The first-order chi connectivity index (χ1) is 7.36. The molecule has 94 valence electrons. The first-order valence-corrected chi connectivity index (χ1v) is 5.74. The molecule has 0 spiro atoms. The van der Waals surface area contributed by atoms with Crippen molar-refractivity contribution in [3.8, 4) is 0 Å². The van der Waals surface area contributed by atoms with Crippen LogP contribution < -0.4 is 5.32 Å². The third-order valence-electron chi connectivity index (χ3n) is 2.12. The third-order valence-corrected chi connectivity index (χ3v) is 2.12. The predicted molar refractivity (Wildman–Crippen MR) is 62.9 cm³/mol. The second-order valence-electron chi connectivity index (χ2n) is 4.87. The van der Waals surface area contributed by atoms with Crippen LogP contribution in [0.1, 0.15) is 40.5 Å². The highest BCUT2D eigenvalue weighted by atomic mass is 16.5. The molecule has 1 atom stereocenters. The first-order valence-electron chi connectivity index (χ1n) is 5.74. The van der Waals surface area contributed by atoms with Gasteiger partial charge in [-0.1, -0.05) is 27.7 Å². The predicted octanol–water partition coefficient (Wildman–Crippen LogP) is 1.74. The summed E-state index contributed by atoms with van der Waals surface area (Å²) in [6.45, 7) is 7.94. The van der Waals surface area contributed by atoms with E-state index in [4.69, 9.17) is 0 Å². The zero-order valence-corrected chi connectivity index (χ0v) is 10.9. The minimum absolute atomic E-state index is 0.0916. The van der Waals surface area contributed by atoms with Crippen molar-refractivity contribution in [2.75, 3.05) is 7.11 Å². The molecule has 0 aromatic rings. The number of nitrogens with one attached hydrogen (secondary N) is 1. The van der Waals surface area contributed by atoms with Crippen molar-refractivity contribution < 1.29 is 14.3 Å². The van der Waals surface area contributed by atoms with Gasteiger partial charge >= 0.3 is 5.97 Å². The molecule has 0 fully saturated rings. The minimum atomic E-state index is -0.517. The SMILES string of the molecule is COC(=O)C(CC(C)C)NC(=O)CC(C)C. The van der Waals surface area contributed by atoms with Gasteiger partial charge in [0, 0.05) is 6.42 Å². The van der Waals surface area contributed by atoms with Crippen LogP contribution in [0.5, 0.6) is 0 Å². The van der Waals surface area contributed by atoms with Gasteiger partial charge in [0.05, 0.1) is 7.11 Å². The van der Waals surface area contributed by atoms with Crippen molar-refractivity contribution in [1.82, 2.24) is 5.32 Å². The molecule has 0 aliphatic rings. The van der Waals surface area contributed by atoms with Crippen LogP contribution in [0.25, 0.3) is 0 Å². The number of hydrogen-bond acceptors (Lipinski definition) is 3. The van der Waals surface area contributed by atoms with E-state index >= 15 is 0 Å². The van der Waals surface area contributed by atoms with E-state index in [0.29, 0.717) is 18.8 Å². The Bertz CT molecular complexity index is 236. The number of ether oxygens (including phenoxy) is 1. The van der Waals surface area contributed by atoms with E-state index < -0.39 is 6.04 Å². The van der Waals surface area contributed by atoms with Gasteiger partial charge in [0.1, 0.15) is 6.04 Å². The normalized spacial score (nSPS) is 12.7. The summed E-state index contributed by atoms with van der Waals surface area (Å²) in [4.78, 5) is 23.0. The number of carbonyl (C=O) groups is 2. The van der Waals surface area contributed by atoms with Crippen molar-refractivity contribution in [2.24, 2.45) is 11.8 Å². The van der Waals surface area contributed by atoms with Crippen LogP contribution in [0.3, 0.4) is 0 Å². The van der Waals surface area contributed by atoms with Gasteiger partial charge < -0.3 is 10.1 Å². The molecule has 0 bridgehead atoms. The molecule has 0 aromatic carbocycles. The van der Waals surface area contributed by atoms with E-state index in [1.807, 2.05) is 27.7 Å². The largest absolute Gasteiger partial charge is 0.467 e. The smallest absolute Gasteiger partial charge is 0.328 e. The van der Waals surface area contributed by atoms with Gasteiger partial charge in [-0.05, 0) is 18.3 Å². The van der Waals surface area contributed by atoms with Crippen LogP contribution in [0.15, 0.2) is 0 Å². The van der Waals surface area contributed by atoms with Crippen molar-refractivity contribution in [2.45, 2.75) is 46.6 Å². The first kappa shape index (κ1) is 14.9. The summed E-state index contributed by atoms with van der Waals surface area (Å²) in [6, 6.07) is -0.517. The molecule has 0 aliphatic carbocycles. The molecule has 0 saturated carbocycles. The lowest BCUT2D eigenvalue weighted by Gasteiger charge is -2.18. The van der Waals surface area contributed by atoms with Crippen molar-refractivity contribution in [3.05, 3.63) is 0 Å². The number of amides is 1. The molecule has 0 rings (SSSR count). The van der Waals surface area contributed by atoms with Gasteiger partial charge in [-0.3, -0.25) is 4.79 Å². The maximum atomic E-state index is 11.5. The molecule has 1 unspecified atom stereocenters. The highest BCUT2D eigenvalue weighted by molar-refractivity contribution is 5.84. The highest BCUT2D eigenvalue weighted by Crippen LogP contribution is 2.07. The van der Waals surface area contributed by atoms with E-state index in [9.17, 15) is 9.59 Å². The lowest BCUT2D eigenvalue weighted by Crippen LogP contribution is -2.42. The number of methoxy groups -OCH3 is 1. The van der Waals surface area contributed by atoms with Crippen LogP contribution in [-0.2, 0) is 14.3 Å². The molecule has 4 heteroatoms. The lowest BCUT2D eigenvalue weighted by molar-refractivity contribution is -0.145. The van der Waals surface area contributed by atoms with Gasteiger partial charge in [-0.25, -0.2) is 4.79 Å². The number of carbonyl (C=O) groups excluding carboxylic acids is 2. The summed E-state index contributed by atoms with van der Waals surface area (Å²) in [7, 11) is 1.34. The number of rotatable bonds is 6. The van der Waals surface area contributed by atoms with Crippen molar-refractivity contribution in [3.63, 3.8) is 0 Å². The molecule has 0 heterocycles. The highest BCUT2D eigenvalue weighted by Gasteiger charge is 2.22. The van der Waals surface area contributed by atoms with E-state index in [1.54, 1.807) is 0 Å². The van der Waals surface area contributed by atoms with E-state index in [0.717, 1.165) is 0 Å². The zero-order chi connectivity index (χ0) is 12.7. The van der Waals surface area contributed by atoms with Crippen LogP contribution in [0.4, 0.5) is 0 Å². The monoisotopic (exact) mass is 229 g/mol. The Morgan fingerprint density at radius 1 is 1.12 bits per heavy atom. The molecule has 0 aliphatic heterocycles. The Hall–Kier alpha value is -1.06. The standard InChI is InChI=1S/C12H23NO3/c1-8(2)6-10(12(15)16-5)13-11(14)7-9(3)4/h8-10H,6-7H2,1-5H3,(H,13,14). The molecule has 0 saturated heterocycles. The summed E-state index contributed by atoms with van der Waals surface area (Å²) in [6.07, 6.45) is 1.04. The fraction of sp³-hybridized carbons (Fsp3) is 0.833. The maximum absolute atomic E-state index is 11.5. The molecule has 0 radical (unpaired) electrons. The molecule has 0 aromatic heterocycles. The Balaban J connectivity index is 4.31. The topological polar surface area (TPSA) is 55.4 Å². The van der Waals surface area contributed by atoms with Crippen LogP contribution >= 0.6 is 0 Å². The average molecular weight is 229 g/mol. The van der Waals surface area contributed by atoms with Gasteiger partial charge in [-0.15, -0.1) is 0 Å². The maximum Gasteiger partial charge on any atom is 0.328 e.